The van der Waals surface area contributed by atoms with Gasteiger partial charge in [0.2, 0.25) is 0 Å². The molecule has 0 unspecified atom stereocenters. The minimum absolute atomic E-state index is 0.185. The Hall–Kier alpha value is -2.34. The lowest BCUT2D eigenvalue weighted by molar-refractivity contribution is -0.123. The lowest BCUT2D eigenvalue weighted by Crippen LogP contribution is -2.44. The lowest BCUT2D eigenvalue weighted by Gasteiger charge is -2.10. The molecule has 0 aliphatic heterocycles. The van der Waals surface area contributed by atoms with Gasteiger partial charge < -0.3 is 4.74 Å². The minimum atomic E-state index is -0.440. The molecule has 0 saturated carbocycles. The van der Waals surface area contributed by atoms with Crippen LogP contribution in [0, 0.1) is 6.92 Å². The Kier molecular flexibility index (Phi) is 5.55. The molecule has 5 nitrogen and oxygen atoms in total. The smallest absolute Gasteiger partial charge is 0.276 e. The lowest BCUT2D eigenvalue weighted by atomic mass is 10.1. The SMILES string of the molecule is Cc1ccccc1C(=O)NNC(=O)COc1ccc(Br)cc1. The van der Waals surface area contributed by atoms with Crippen LogP contribution < -0.4 is 15.6 Å². The highest BCUT2D eigenvalue weighted by atomic mass is 79.9. The fourth-order valence-corrected chi connectivity index (χ4v) is 2.00. The Bertz CT molecular complexity index is 671. The number of aryl methyl sites for hydroxylation is 1. The molecule has 0 aliphatic rings. The maximum Gasteiger partial charge on any atom is 0.276 e. The molecule has 0 spiro atoms. The molecule has 22 heavy (non-hydrogen) atoms. The average Bonchev–Trinajstić information content (AvgIpc) is 2.52. The molecule has 2 aromatic carbocycles. The molecule has 0 heterocycles. The first-order chi connectivity index (χ1) is 10.6. The summed E-state index contributed by atoms with van der Waals surface area (Å²) in [7, 11) is 0. The van der Waals surface area contributed by atoms with E-state index in [2.05, 4.69) is 26.8 Å². The number of carbonyl (C=O) groups excluding carboxylic acids is 2. The van der Waals surface area contributed by atoms with Crippen LogP contribution in [0.25, 0.3) is 0 Å². The summed E-state index contributed by atoms with van der Waals surface area (Å²) < 4.78 is 6.23. The molecule has 2 amide bonds. The fourth-order valence-electron chi connectivity index (χ4n) is 1.74. The molecule has 2 aromatic rings. The summed E-state index contributed by atoms with van der Waals surface area (Å²) >= 11 is 3.31. The first-order valence-electron chi connectivity index (χ1n) is 6.59. The van der Waals surface area contributed by atoms with Gasteiger partial charge in [0.25, 0.3) is 11.8 Å². The maximum absolute atomic E-state index is 11.9. The van der Waals surface area contributed by atoms with Crippen molar-refractivity contribution in [2.45, 2.75) is 6.92 Å². The fraction of sp³-hybridized carbons (Fsp3) is 0.125. The summed E-state index contributed by atoms with van der Waals surface area (Å²) in [6.45, 7) is 1.64. The van der Waals surface area contributed by atoms with E-state index in [0.29, 0.717) is 11.3 Å². The molecule has 6 heteroatoms. The molecule has 114 valence electrons. The Morgan fingerprint density at radius 1 is 1.05 bits per heavy atom. The highest BCUT2D eigenvalue weighted by Gasteiger charge is 2.09. The summed E-state index contributed by atoms with van der Waals surface area (Å²) in [6.07, 6.45) is 0. The van der Waals surface area contributed by atoms with Gasteiger partial charge in [0, 0.05) is 10.0 Å². The van der Waals surface area contributed by atoms with E-state index in [-0.39, 0.29) is 12.5 Å². The van der Waals surface area contributed by atoms with Crippen molar-refractivity contribution >= 4 is 27.7 Å². The molecule has 0 atom stereocenters. The van der Waals surface area contributed by atoms with E-state index >= 15 is 0 Å². The Labute approximate surface area is 136 Å². The number of hydrogen-bond donors (Lipinski definition) is 2. The van der Waals surface area contributed by atoms with Crippen LogP contribution in [-0.2, 0) is 4.79 Å². The number of hydrazine groups is 1. The van der Waals surface area contributed by atoms with Crippen LogP contribution in [0.2, 0.25) is 0 Å². The van der Waals surface area contributed by atoms with Crippen LogP contribution in [0.3, 0.4) is 0 Å². The van der Waals surface area contributed by atoms with Gasteiger partial charge in [-0.2, -0.15) is 0 Å². The summed E-state index contributed by atoms with van der Waals surface area (Å²) in [5.41, 5.74) is 6.02. The standard InChI is InChI=1S/C16H15BrN2O3/c1-11-4-2-3-5-14(11)16(21)19-18-15(20)10-22-13-8-6-12(17)7-9-13/h2-9H,10H2,1H3,(H,18,20)(H,19,21). The second kappa shape index (κ2) is 7.61. The second-order valence-electron chi connectivity index (χ2n) is 4.56. The summed E-state index contributed by atoms with van der Waals surface area (Å²) in [6, 6.07) is 14.2. The molecule has 2 N–H and O–H groups in total. The number of amides is 2. The quantitative estimate of drug-likeness (QED) is 0.821. The number of ether oxygens (including phenoxy) is 1. The van der Waals surface area contributed by atoms with Gasteiger partial charge in [-0.1, -0.05) is 34.1 Å². The van der Waals surface area contributed by atoms with Gasteiger partial charge in [0.1, 0.15) is 5.75 Å². The van der Waals surface area contributed by atoms with E-state index in [0.717, 1.165) is 10.0 Å². The first-order valence-corrected chi connectivity index (χ1v) is 7.39. The van der Waals surface area contributed by atoms with E-state index < -0.39 is 5.91 Å². The Morgan fingerprint density at radius 2 is 1.73 bits per heavy atom. The predicted molar refractivity (Wildman–Crippen MR) is 86.4 cm³/mol. The van der Waals surface area contributed by atoms with Crippen molar-refractivity contribution < 1.29 is 14.3 Å². The molecule has 0 saturated heterocycles. The molecule has 0 bridgehead atoms. The van der Waals surface area contributed by atoms with Gasteiger partial charge >= 0.3 is 0 Å². The molecule has 2 rings (SSSR count). The van der Waals surface area contributed by atoms with E-state index in [1.165, 1.54) is 0 Å². The third-order valence-electron chi connectivity index (χ3n) is 2.89. The maximum atomic E-state index is 11.9. The molecule has 0 aliphatic carbocycles. The predicted octanol–water partition coefficient (Wildman–Crippen LogP) is 2.60. The van der Waals surface area contributed by atoms with Crippen molar-refractivity contribution in [3.8, 4) is 5.75 Å². The third-order valence-corrected chi connectivity index (χ3v) is 3.42. The normalized spacial score (nSPS) is 9.91. The van der Waals surface area contributed by atoms with Gasteiger partial charge in [-0.25, -0.2) is 0 Å². The van der Waals surface area contributed by atoms with E-state index in [4.69, 9.17) is 4.74 Å². The zero-order chi connectivity index (χ0) is 15.9. The van der Waals surface area contributed by atoms with Gasteiger partial charge in [-0.05, 0) is 42.8 Å². The number of rotatable bonds is 4. The average molecular weight is 363 g/mol. The molecule has 0 aromatic heterocycles. The Balaban J connectivity index is 1.79. The highest BCUT2D eigenvalue weighted by molar-refractivity contribution is 9.10. The zero-order valence-electron chi connectivity index (χ0n) is 11.9. The van der Waals surface area contributed by atoms with Crippen molar-refractivity contribution in [1.82, 2.24) is 10.9 Å². The number of hydrogen-bond acceptors (Lipinski definition) is 3. The molecular weight excluding hydrogens is 348 g/mol. The van der Waals surface area contributed by atoms with Crippen LogP contribution in [0.4, 0.5) is 0 Å². The van der Waals surface area contributed by atoms with Gasteiger partial charge in [0.05, 0.1) is 0 Å². The van der Waals surface area contributed by atoms with Crippen LogP contribution in [0.1, 0.15) is 15.9 Å². The van der Waals surface area contributed by atoms with E-state index in [1.54, 1.807) is 24.3 Å². The largest absolute Gasteiger partial charge is 0.484 e. The monoisotopic (exact) mass is 362 g/mol. The number of benzene rings is 2. The van der Waals surface area contributed by atoms with Gasteiger partial charge in [0.15, 0.2) is 6.61 Å². The first kappa shape index (κ1) is 16.0. The van der Waals surface area contributed by atoms with Crippen LogP contribution in [0.15, 0.2) is 53.0 Å². The van der Waals surface area contributed by atoms with E-state index in [9.17, 15) is 9.59 Å². The van der Waals surface area contributed by atoms with Gasteiger partial charge in [-0.3, -0.25) is 20.4 Å². The Morgan fingerprint density at radius 3 is 2.41 bits per heavy atom. The van der Waals surface area contributed by atoms with Gasteiger partial charge in [-0.15, -0.1) is 0 Å². The van der Waals surface area contributed by atoms with Crippen molar-refractivity contribution in [1.29, 1.82) is 0 Å². The molecule has 0 fully saturated rings. The van der Waals surface area contributed by atoms with Crippen molar-refractivity contribution in [2.75, 3.05) is 6.61 Å². The zero-order valence-corrected chi connectivity index (χ0v) is 13.5. The van der Waals surface area contributed by atoms with Crippen molar-refractivity contribution in [2.24, 2.45) is 0 Å². The summed E-state index contributed by atoms with van der Waals surface area (Å²) in [5, 5.41) is 0. The summed E-state index contributed by atoms with van der Waals surface area (Å²) in [4.78, 5) is 23.6. The topological polar surface area (TPSA) is 67.4 Å². The minimum Gasteiger partial charge on any atom is -0.484 e. The highest BCUT2D eigenvalue weighted by Crippen LogP contribution is 2.15. The van der Waals surface area contributed by atoms with Crippen LogP contribution >= 0.6 is 15.9 Å². The molecule has 0 radical (unpaired) electrons. The van der Waals surface area contributed by atoms with Crippen LogP contribution in [-0.4, -0.2) is 18.4 Å². The van der Waals surface area contributed by atoms with Crippen molar-refractivity contribution in [3.63, 3.8) is 0 Å². The van der Waals surface area contributed by atoms with E-state index in [1.807, 2.05) is 31.2 Å². The number of carbonyl (C=O) groups is 2. The molecular formula is C16H15BrN2O3. The van der Waals surface area contributed by atoms with Crippen molar-refractivity contribution in [3.05, 3.63) is 64.1 Å². The summed E-state index contributed by atoms with van der Waals surface area (Å²) in [5.74, 6) is -0.233. The van der Waals surface area contributed by atoms with Crippen LogP contribution in [0.5, 0.6) is 5.75 Å². The third kappa shape index (κ3) is 4.60. The number of nitrogens with one attached hydrogen (secondary N) is 2. The number of halogens is 1. The second-order valence-corrected chi connectivity index (χ2v) is 5.48.